The van der Waals surface area contributed by atoms with Gasteiger partial charge in [0.1, 0.15) is 11.5 Å². The van der Waals surface area contributed by atoms with E-state index in [4.69, 9.17) is 10.5 Å². The molecule has 0 saturated carbocycles. The monoisotopic (exact) mass is 228 g/mol. The number of amides is 1. The first kappa shape index (κ1) is 11.0. The van der Waals surface area contributed by atoms with Gasteiger partial charge in [0, 0.05) is 6.07 Å². The Morgan fingerprint density at radius 1 is 1.06 bits per heavy atom. The van der Waals surface area contributed by atoms with Crippen LogP contribution >= 0.6 is 0 Å². The van der Waals surface area contributed by atoms with Crippen molar-refractivity contribution in [2.45, 2.75) is 0 Å². The fourth-order valence-corrected chi connectivity index (χ4v) is 1.41. The van der Waals surface area contributed by atoms with E-state index in [-0.39, 0.29) is 0 Å². The summed E-state index contributed by atoms with van der Waals surface area (Å²) in [5.74, 6) is 1.35. The van der Waals surface area contributed by atoms with Gasteiger partial charge in [0.05, 0.1) is 11.4 Å². The van der Waals surface area contributed by atoms with Gasteiger partial charge in [0.25, 0.3) is 0 Å². The van der Waals surface area contributed by atoms with Crippen molar-refractivity contribution in [3.63, 3.8) is 0 Å². The second-order valence-electron chi connectivity index (χ2n) is 3.43. The van der Waals surface area contributed by atoms with Crippen molar-refractivity contribution in [2.75, 3.05) is 11.1 Å². The van der Waals surface area contributed by atoms with E-state index in [0.29, 0.717) is 23.5 Å². The number of ether oxygens (including phenoxy) is 1. The number of benzene rings is 2. The fraction of sp³-hybridized carbons (Fsp3) is 0. The van der Waals surface area contributed by atoms with Gasteiger partial charge in [-0.15, -0.1) is 0 Å². The smallest absolute Gasteiger partial charge is 0.211 e. The number of carbonyl (C=O) groups excluding carboxylic acids is 1. The summed E-state index contributed by atoms with van der Waals surface area (Å²) in [6.45, 7) is 0. The van der Waals surface area contributed by atoms with E-state index in [1.54, 1.807) is 18.2 Å². The topological polar surface area (TPSA) is 64.3 Å². The highest BCUT2D eigenvalue weighted by Gasteiger charge is 2.02. The lowest BCUT2D eigenvalue weighted by molar-refractivity contribution is -0.105. The predicted octanol–water partition coefficient (Wildman–Crippen LogP) is 2.63. The maximum absolute atomic E-state index is 10.4. The Morgan fingerprint density at radius 3 is 2.53 bits per heavy atom. The van der Waals surface area contributed by atoms with Gasteiger partial charge in [-0.2, -0.15) is 0 Å². The molecule has 0 aliphatic heterocycles. The van der Waals surface area contributed by atoms with Gasteiger partial charge in [-0.05, 0) is 24.3 Å². The van der Waals surface area contributed by atoms with E-state index in [2.05, 4.69) is 5.32 Å². The average Bonchev–Trinajstić information content (AvgIpc) is 2.35. The van der Waals surface area contributed by atoms with Crippen LogP contribution in [0.3, 0.4) is 0 Å². The molecule has 2 rings (SSSR count). The van der Waals surface area contributed by atoms with Crippen molar-refractivity contribution >= 4 is 17.8 Å². The van der Waals surface area contributed by atoms with E-state index >= 15 is 0 Å². The number of rotatable bonds is 4. The van der Waals surface area contributed by atoms with Gasteiger partial charge in [0.2, 0.25) is 6.41 Å². The minimum absolute atomic E-state index is 0.498. The first-order valence-electron chi connectivity index (χ1n) is 5.12. The number of nitrogens with one attached hydrogen (secondary N) is 1. The third-order valence-corrected chi connectivity index (χ3v) is 2.22. The Labute approximate surface area is 99.0 Å². The second-order valence-corrected chi connectivity index (χ2v) is 3.43. The summed E-state index contributed by atoms with van der Waals surface area (Å²) >= 11 is 0. The minimum atomic E-state index is 0.498. The summed E-state index contributed by atoms with van der Waals surface area (Å²) in [6, 6.07) is 14.5. The highest BCUT2D eigenvalue weighted by Crippen LogP contribution is 2.27. The highest BCUT2D eigenvalue weighted by molar-refractivity contribution is 5.80. The third kappa shape index (κ3) is 2.75. The zero-order valence-electron chi connectivity index (χ0n) is 9.09. The van der Waals surface area contributed by atoms with Crippen LogP contribution in [0.2, 0.25) is 0 Å². The molecule has 0 atom stereocenters. The lowest BCUT2D eigenvalue weighted by atomic mass is 10.2. The van der Waals surface area contributed by atoms with Crippen LogP contribution in [-0.4, -0.2) is 6.41 Å². The number of hydrogen-bond acceptors (Lipinski definition) is 3. The second kappa shape index (κ2) is 5.03. The molecule has 0 aromatic heterocycles. The molecule has 1 amide bonds. The van der Waals surface area contributed by atoms with Gasteiger partial charge in [0.15, 0.2) is 0 Å². The largest absolute Gasteiger partial charge is 0.457 e. The number of nitrogens with two attached hydrogens (primary N) is 1. The molecule has 2 aromatic rings. The van der Waals surface area contributed by atoms with Gasteiger partial charge >= 0.3 is 0 Å². The van der Waals surface area contributed by atoms with Crippen molar-refractivity contribution in [3.05, 3.63) is 48.5 Å². The fourth-order valence-electron chi connectivity index (χ4n) is 1.41. The third-order valence-electron chi connectivity index (χ3n) is 2.22. The van der Waals surface area contributed by atoms with Crippen LogP contribution < -0.4 is 15.8 Å². The van der Waals surface area contributed by atoms with Crippen LogP contribution in [0.5, 0.6) is 11.5 Å². The Balaban J connectivity index is 2.22. The van der Waals surface area contributed by atoms with E-state index in [9.17, 15) is 4.79 Å². The molecule has 0 unspecified atom stereocenters. The van der Waals surface area contributed by atoms with Gasteiger partial charge < -0.3 is 15.8 Å². The summed E-state index contributed by atoms with van der Waals surface area (Å²) in [4.78, 5) is 10.4. The van der Waals surface area contributed by atoms with Crippen LogP contribution in [0.25, 0.3) is 0 Å². The zero-order valence-corrected chi connectivity index (χ0v) is 9.09. The summed E-state index contributed by atoms with van der Waals surface area (Å²) in [7, 11) is 0. The lowest BCUT2D eigenvalue weighted by Gasteiger charge is -2.09. The van der Waals surface area contributed by atoms with Gasteiger partial charge in [-0.3, -0.25) is 4.79 Å². The van der Waals surface area contributed by atoms with Gasteiger partial charge in [-0.1, -0.05) is 18.2 Å². The summed E-state index contributed by atoms with van der Waals surface area (Å²) in [5, 5.41) is 2.52. The maximum atomic E-state index is 10.4. The van der Waals surface area contributed by atoms with E-state index in [1.165, 1.54) is 0 Å². The minimum Gasteiger partial charge on any atom is -0.457 e. The number of nitrogen functional groups attached to an aromatic ring is 1. The van der Waals surface area contributed by atoms with Crippen molar-refractivity contribution in [2.24, 2.45) is 0 Å². The van der Waals surface area contributed by atoms with Crippen LogP contribution in [0.15, 0.2) is 48.5 Å². The number of carbonyl (C=O) groups is 1. The standard InChI is InChI=1S/C13H12N2O2/c14-12-7-6-11(8-13(12)15-9-16)17-10-4-2-1-3-5-10/h1-9H,14H2,(H,15,16). The van der Waals surface area contributed by atoms with Gasteiger partial charge in [-0.25, -0.2) is 0 Å². The summed E-state index contributed by atoms with van der Waals surface area (Å²) < 4.78 is 5.61. The molecule has 0 spiro atoms. The molecular formula is C13H12N2O2. The summed E-state index contributed by atoms with van der Waals surface area (Å²) in [5.41, 5.74) is 6.73. The Kier molecular flexibility index (Phi) is 3.25. The Morgan fingerprint density at radius 2 is 1.82 bits per heavy atom. The lowest BCUT2D eigenvalue weighted by Crippen LogP contribution is -1.99. The Hall–Kier alpha value is -2.49. The van der Waals surface area contributed by atoms with Crippen LogP contribution in [0, 0.1) is 0 Å². The average molecular weight is 228 g/mol. The predicted molar refractivity (Wildman–Crippen MR) is 67.1 cm³/mol. The zero-order chi connectivity index (χ0) is 12.1. The van der Waals surface area contributed by atoms with Crippen LogP contribution in [0.4, 0.5) is 11.4 Å². The van der Waals surface area contributed by atoms with Crippen LogP contribution in [-0.2, 0) is 4.79 Å². The molecule has 0 aliphatic rings. The maximum Gasteiger partial charge on any atom is 0.211 e. The number of para-hydroxylation sites is 1. The molecule has 0 radical (unpaired) electrons. The molecule has 0 aliphatic carbocycles. The van der Waals surface area contributed by atoms with E-state index in [1.807, 2.05) is 30.3 Å². The SMILES string of the molecule is Nc1ccc(Oc2ccccc2)cc1NC=O. The Bertz CT molecular complexity index is 512. The van der Waals surface area contributed by atoms with Crippen molar-refractivity contribution < 1.29 is 9.53 Å². The number of hydrogen-bond donors (Lipinski definition) is 2. The molecule has 17 heavy (non-hydrogen) atoms. The number of anilines is 2. The molecule has 86 valence electrons. The molecule has 3 N–H and O–H groups in total. The molecule has 0 bridgehead atoms. The summed E-state index contributed by atoms with van der Waals surface area (Å²) in [6.07, 6.45) is 0.581. The van der Waals surface area contributed by atoms with E-state index < -0.39 is 0 Å². The van der Waals surface area contributed by atoms with Crippen molar-refractivity contribution in [1.29, 1.82) is 0 Å². The molecule has 4 nitrogen and oxygen atoms in total. The first-order valence-corrected chi connectivity index (χ1v) is 5.12. The molecule has 0 fully saturated rings. The molecule has 4 heteroatoms. The van der Waals surface area contributed by atoms with E-state index in [0.717, 1.165) is 5.75 Å². The molecule has 0 heterocycles. The van der Waals surface area contributed by atoms with Crippen molar-refractivity contribution in [1.82, 2.24) is 0 Å². The quantitative estimate of drug-likeness (QED) is 0.624. The molecule has 2 aromatic carbocycles. The van der Waals surface area contributed by atoms with Crippen molar-refractivity contribution in [3.8, 4) is 11.5 Å². The molecule has 0 saturated heterocycles. The van der Waals surface area contributed by atoms with Crippen LogP contribution in [0.1, 0.15) is 0 Å². The molecular weight excluding hydrogens is 216 g/mol. The normalized spacial score (nSPS) is 9.65. The first-order chi connectivity index (χ1) is 8.29. The highest BCUT2D eigenvalue weighted by atomic mass is 16.5.